The van der Waals surface area contributed by atoms with Crippen LogP contribution < -0.4 is 4.90 Å². The molecule has 0 saturated carbocycles. The molecule has 0 radical (unpaired) electrons. The zero-order valence-corrected chi connectivity index (χ0v) is 11.5. The van der Waals surface area contributed by atoms with Crippen LogP contribution in [0.1, 0.15) is 16.9 Å². The Morgan fingerprint density at radius 2 is 2.26 bits per heavy atom. The number of halogens is 2. The van der Waals surface area contributed by atoms with Crippen molar-refractivity contribution in [2.24, 2.45) is 0 Å². The van der Waals surface area contributed by atoms with E-state index in [-0.39, 0.29) is 11.7 Å². The number of rotatable bonds is 2. The third kappa shape index (κ3) is 2.48. The molecule has 6 heteroatoms. The lowest BCUT2D eigenvalue weighted by Gasteiger charge is -2.28. The van der Waals surface area contributed by atoms with Crippen molar-refractivity contribution in [3.8, 4) is 0 Å². The van der Waals surface area contributed by atoms with Crippen molar-refractivity contribution in [1.29, 1.82) is 0 Å². The van der Waals surface area contributed by atoms with E-state index in [0.717, 1.165) is 16.1 Å². The first-order valence-electron chi connectivity index (χ1n) is 5.82. The van der Waals surface area contributed by atoms with Gasteiger partial charge in [-0.05, 0) is 30.2 Å². The highest BCUT2D eigenvalue weighted by Crippen LogP contribution is 2.31. The number of nitrogens with zero attached hydrogens (tertiary/aromatic N) is 2. The molecule has 1 aliphatic rings. The molecule has 0 spiro atoms. The van der Waals surface area contributed by atoms with Crippen molar-refractivity contribution in [3.05, 3.63) is 45.1 Å². The van der Waals surface area contributed by atoms with Crippen molar-refractivity contribution in [2.45, 2.75) is 19.4 Å². The van der Waals surface area contributed by atoms with Crippen molar-refractivity contribution in [1.82, 2.24) is 4.98 Å². The molecule has 2 heterocycles. The Labute approximate surface area is 118 Å². The minimum atomic E-state index is -0.270. The molecule has 2 aromatic rings. The molecule has 3 nitrogen and oxygen atoms in total. The Balaban J connectivity index is 1.94. The number of anilines is 1. The van der Waals surface area contributed by atoms with Gasteiger partial charge < -0.3 is 4.90 Å². The van der Waals surface area contributed by atoms with Crippen LogP contribution >= 0.6 is 22.9 Å². The number of amides is 1. The Morgan fingerprint density at radius 1 is 1.42 bits per heavy atom. The minimum absolute atomic E-state index is 0.0450. The van der Waals surface area contributed by atoms with Gasteiger partial charge in [0.1, 0.15) is 5.82 Å². The van der Waals surface area contributed by atoms with Crippen molar-refractivity contribution in [2.75, 3.05) is 4.90 Å². The van der Waals surface area contributed by atoms with Gasteiger partial charge in [-0.15, -0.1) is 11.3 Å². The largest absolute Gasteiger partial charge is 0.307 e. The zero-order valence-electron chi connectivity index (χ0n) is 9.90. The normalized spacial score (nSPS) is 14.6. The highest BCUT2D eigenvalue weighted by atomic mass is 35.5. The van der Waals surface area contributed by atoms with E-state index in [1.54, 1.807) is 17.2 Å². The molecule has 0 atom stereocenters. The molecule has 1 aromatic carbocycles. The van der Waals surface area contributed by atoms with E-state index in [0.29, 0.717) is 23.9 Å². The highest BCUT2D eigenvalue weighted by molar-refractivity contribution is 7.15. The van der Waals surface area contributed by atoms with Crippen molar-refractivity contribution >= 4 is 34.5 Å². The number of carbonyl (C=O) groups excluding carboxylic acids is 1. The average Bonchev–Trinajstić information content (AvgIpc) is 2.78. The summed E-state index contributed by atoms with van der Waals surface area (Å²) in [5.41, 5.74) is 1.65. The number of benzene rings is 1. The summed E-state index contributed by atoms with van der Waals surface area (Å²) in [6.45, 7) is 0.432. The number of carbonyl (C=O) groups is 1. The molecule has 0 aliphatic carbocycles. The fraction of sp³-hybridized carbons (Fsp3) is 0.231. The molecule has 1 amide bonds. The average molecular weight is 297 g/mol. The summed E-state index contributed by atoms with van der Waals surface area (Å²) in [7, 11) is 0. The molecule has 1 aromatic heterocycles. The Morgan fingerprint density at radius 3 is 3.00 bits per heavy atom. The number of hydrogen-bond acceptors (Lipinski definition) is 3. The topological polar surface area (TPSA) is 33.2 Å². The molecule has 19 heavy (non-hydrogen) atoms. The van der Waals surface area contributed by atoms with Gasteiger partial charge in [0.25, 0.3) is 0 Å². The fourth-order valence-electron chi connectivity index (χ4n) is 2.21. The molecule has 0 unspecified atom stereocenters. The Hall–Kier alpha value is -1.46. The van der Waals surface area contributed by atoms with Gasteiger partial charge in [-0.1, -0.05) is 11.6 Å². The van der Waals surface area contributed by atoms with Crippen LogP contribution in [-0.2, 0) is 17.8 Å². The Kier molecular flexibility index (Phi) is 3.24. The first kappa shape index (κ1) is 12.6. The molecular weight excluding hydrogens is 287 g/mol. The quantitative estimate of drug-likeness (QED) is 0.851. The predicted octanol–water partition coefficient (Wildman–Crippen LogP) is 3.42. The summed E-state index contributed by atoms with van der Waals surface area (Å²) in [6.07, 6.45) is 2.66. The minimum Gasteiger partial charge on any atom is -0.307 e. The molecule has 0 fully saturated rings. The van der Waals surface area contributed by atoms with E-state index in [4.69, 9.17) is 11.6 Å². The molecular formula is C13H10ClFN2OS. The SMILES string of the molecule is O=C1CCc2cc(F)ccc2N1Cc1cnc(Cl)s1. The van der Waals surface area contributed by atoms with E-state index in [9.17, 15) is 9.18 Å². The number of fused-ring (bicyclic) bond motifs is 1. The van der Waals surface area contributed by atoms with Crippen molar-refractivity contribution in [3.63, 3.8) is 0 Å². The summed E-state index contributed by atoms with van der Waals surface area (Å²) in [5.74, 6) is -0.225. The van der Waals surface area contributed by atoms with Gasteiger partial charge in [0.2, 0.25) is 5.91 Å². The lowest BCUT2D eigenvalue weighted by Crippen LogP contribution is -2.34. The third-order valence-corrected chi connectivity index (χ3v) is 4.18. The second kappa shape index (κ2) is 4.90. The van der Waals surface area contributed by atoms with Crippen LogP contribution in [0.2, 0.25) is 4.47 Å². The van der Waals surface area contributed by atoms with Crippen LogP contribution in [0.4, 0.5) is 10.1 Å². The molecule has 0 bridgehead atoms. The van der Waals surface area contributed by atoms with Crippen LogP contribution in [0.15, 0.2) is 24.4 Å². The van der Waals surface area contributed by atoms with E-state index in [2.05, 4.69) is 4.98 Å². The van der Waals surface area contributed by atoms with Crippen LogP contribution in [0, 0.1) is 5.82 Å². The molecule has 0 N–H and O–H groups in total. The van der Waals surface area contributed by atoms with E-state index in [1.807, 2.05) is 0 Å². The van der Waals surface area contributed by atoms with Crippen LogP contribution in [0.25, 0.3) is 0 Å². The van der Waals surface area contributed by atoms with E-state index >= 15 is 0 Å². The second-order valence-corrected chi connectivity index (χ2v) is 6.03. The zero-order chi connectivity index (χ0) is 13.4. The number of thiazole rings is 1. The first-order chi connectivity index (χ1) is 9.13. The standard InChI is InChI=1S/C13H10ClFN2OS/c14-13-16-6-10(19-13)7-17-11-3-2-9(15)5-8(11)1-4-12(17)18/h2-3,5-6H,1,4,7H2. The number of aryl methyl sites for hydroxylation is 1. The summed E-state index contributed by atoms with van der Waals surface area (Å²) in [6, 6.07) is 4.53. The highest BCUT2D eigenvalue weighted by Gasteiger charge is 2.25. The van der Waals surface area contributed by atoms with Gasteiger partial charge in [-0.2, -0.15) is 0 Å². The van der Waals surface area contributed by atoms with Gasteiger partial charge >= 0.3 is 0 Å². The van der Waals surface area contributed by atoms with Crippen LogP contribution in [-0.4, -0.2) is 10.9 Å². The summed E-state index contributed by atoms with van der Waals surface area (Å²) in [4.78, 5) is 18.6. The Bertz CT molecular complexity index is 643. The van der Waals surface area contributed by atoms with Gasteiger partial charge in [0.15, 0.2) is 4.47 Å². The van der Waals surface area contributed by atoms with Crippen molar-refractivity contribution < 1.29 is 9.18 Å². The van der Waals surface area contributed by atoms with Crippen LogP contribution in [0.3, 0.4) is 0 Å². The molecule has 98 valence electrons. The van der Waals surface area contributed by atoms with Crippen LogP contribution in [0.5, 0.6) is 0 Å². The number of aromatic nitrogens is 1. The summed E-state index contributed by atoms with van der Waals surface area (Å²) in [5, 5.41) is 0. The summed E-state index contributed by atoms with van der Waals surface area (Å²) < 4.78 is 13.7. The predicted molar refractivity (Wildman–Crippen MR) is 73.0 cm³/mol. The molecule has 0 saturated heterocycles. The van der Waals surface area contributed by atoms with Gasteiger partial charge in [-0.3, -0.25) is 4.79 Å². The smallest absolute Gasteiger partial charge is 0.227 e. The lowest BCUT2D eigenvalue weighted by atomic mass is 10.0. The van der Waals surface area contributed by atoms with Gasteiger partial charge in [0.05, 0.1) is 6.54 Å². The monoisotopic (exact) mass is 296 g/mol. The van der Waals surface area contributed by atoms with E-state index in [1.165, 1.54) is 23.5 Å². The maximum Gasteiger partial charge on any atom is 0.227 e. The third-order valence-electron chi connectivity index (χ3n) is 3.08. The molecule has 1 aliphatic heterocycles. The molecule has 3 rings (SSSR count). The first-order valence-corrected chi connectivity index (χ1v) is 7.02. The van der Waals surface area contributed by atoms with Gasteiger partial charge in [0, 0.05) is 23.2 Å². The van der Waals surface area contributed by atoms with E-state index < -0.39 is 0 Å². The summed E-state index contributed by atoms with van der Waals surface area (Å²) >= 11 is 7.14. The van der Waals surface area contributed by atoms with Gasteiger partial charge in [-0.25, -0.2) is 9.37 Å². The lowest BCUT2D eigenvalue weighted by molar-refractivity contribution is -0.119. The number of hydrogen-bond donors (Lipinski definition) is 0. The fourth-order valence-corrected chi connectivity index (χ4v) is 3.18. The maximum atomic E-state index is 13.2. The second-order valence-electron chi connectivity index (χ2n) is 4.33. The maximum absolute atomic E-state index is 13.2.